The average molecular weight is 370 g/mol. The summed E-state index contributed by atoms with van der Waals surface area (Å²) in [5.74, 6) is 1.70. The van der Waals surface area contributed by atoms with Gasteiger partial charge < -0.3 is 9.47 Å². The number of nitrogens with zero attached hydrogens (tertiary/aromatic N) is 1. The van der Waals surface area contributed by atoms with Crippen LogP contribution in [0.2, 0.25) is 0 Å². The molecule has 5 heteroatoms. The summed E-state index contributed by atoms with van der Waals surface area (Å²) in [6.45, 7) is 4.55. The van der Waals surface area contributed by atoms with Crippen LogP contribution in [0.1, 0.15) is 39.0 Å². The van der Waals surface area contributed by atoms with Crippen molar-refractivity contribution in [2.75, 3.05) is 26.8 Å². The van der Waals surface area contributed by atoms with Gasteiger partial charge in [-0.25, -0.2) is 10.4 Å². The lowest BCUT2D eigenvalue weighted by Gasteiger charge is -2.38. The van der Waals surface area contributed by atoms with E-state index in [2.05, 4.69) is 16.5 Å². The van der Waals surface area contributed by atoms with Gasteiger partial charge in [0.15, 0.2) is 17.3 Å². The first-order chi connectivity index (χ1) is 13.2. The minimum absolute atomic E-state index is 0.220. The van der Waals surface area contributed by atoms with E-state index < -0.39 is 0 Å². The van der Waals surface area contributed by atoms with Gasteiger partial charge in [0.05, 0.1) is 19.3 Å². The standard InChI is InChI=1S/C22H30N2O3/c1-3-19(25)18-9-8-12-22(17-18,23-24-14-6-7-15-24)13-16-27-21-11-5-4-10-20(21)26-2/h4-5,8-12,23H,3,6-7,13-17H2,1-2H3. The molecule has 0 spiro atoms. The van der Waals surface area contributed by atoms with E-state index >= 15 is 0 Å². The number of ether oxygens (including phenoxy) is 2. The highest BCUT2D eigenvalue weighted by molar-refractivity contribution is 5.95. The molecule has 1 fully saturated rings. The summed E-state index contributed by atoms with van der Waals surface area (Å²) in [7, 11) is 1.65. The fourth-order valence-corrected chi connectivity index (χ4v) is 3.75. The number of Topliss-reactive ketones (excluding diaryl/α,β-unsaturated/α-hetero) is 1. The highest BCUT2D eigenvalue weighted by atomic mass is 16.5. The molecular weight excluding hydrogens is 340 g/mol. The zero-order valence-electron chi connectivity index (χ0n) is 16.4. The van der Waals surface area contributed by atoms with E-state index in [-0.39, 0.29) is 11.3 Å². The van der Waals surface area contributed by atoms with Crippen LogP contribution in [0.4, 0.5) is 0 Å². The van der Waals surface area contributed by atoms with Crippen molar-refractivity contribution in [3.63, 3.8) is 0 Å². The Hall–Kier alpha value is -2.11. The predicted octanol–water partition coefficient (Wildman–Crippen LogP) is 3.67. The fourth-order valence-electron chi connectivity index (χ4n) is 3.75. The Morgan fingerprint density at radius 1 is 1.22 bits per heavy atom. The Labute approximate surface area is 162 Å². The quantitative estimate of drug-likeness (QED) is 0.719. The number of benzene rings is 1. The normalized spacial score (nSPS) is 22.5. The number of carbonyl (C=O) groups excluding carboxylic acids is 1. The molecule has 0 bridgehead atoms. The third-order valence-electron chi connectivity index (χ3n) is 5.26. The molecular formula is C22H30N2O3. The number of ketones is 1. The molecule has 1 aromatic rings. The van der Waals surface area contributed by atoms with Crippen LogP contribution >= 0.6 is 0 Å². The number of hydrazine groups is 1. The van der Waals surface area contributed by atoms with Crippen LogP contribution in [0.15, 0.2) is 48.1 Å². The maximum atomic E-state index is 12.3. The molecule has 5 nitrogen and oxygen atoms in total. The summed E-state index contributed by atoms with van der Waals surface area (Å²) < 4.78 is 11.4. The Kier molecular flexibility index (Phi) is 6.69. The van der Waals surface area contributed by atoms with Gasteiger partial charge in [-0.1, -0.05) is 37.3 Å². The van der Waals surface area contributed by atoms with E-state index in [4.69, 9.17) is 9.47 Å². The summed E-state index contributed by atoms with van der Waals surface area (Å²) >= 11 is 0. The van der Waals surface area contributed by atoms with E-state index in [1.165, 1.54) is 12.8 Å². The van der Waals surface area contributed by atoms with Crippen molar-refractivity contribution in [2.24, 2.45) is 0 Å². The molecule has 27 heavy (non-hydrogen) atoms. The second kappa shape index (κ2) is 9.20. The number of methoxy groups -OCH3 is 1. The van der Waals surface area contributed by atoms with Crippen molar-refractivity contribution in [3.05, 3.63) is 48.1 Å². The van der Waals surface area contributed by atoms with Gasteiger partial charge in [-0.15, -0.1) is 0 Å². The number of allylic oxidation sites excluding steroid dienone is 2. The minimum atomic E-state index is -0.290. The van der Waals surface area contributed by atoms with E-state index in [0.29, 0.717) is 19.4 Å². The Morgan fingerprint density at radius 2 is 1.96 bits per heavy atom. The van der Waals surface area contributed by atoms with Crippen LogP contribution in [0, 0.1) is 0 Å². The maximum Gasteiger partial charge on any atom is 0.161 e. The highest BCUT2D eigenvalue weighted by Crippen LogP contribution is 2.31. The Morgan fingerprint density at radius 3 is 2.67 bits per heavy atom. The zero-order chi connectivity index (χ0) is 19.1. The first kappa shape index (κ1) is 19.6. The van der Waals surface area contributed by atoms with Gasteiger partial charge in [0.1, 0.15) is 0 Å². The lowest BCUT2D eigenvalue weighted by molar-refractivity contribution is -0.115. The fraction of sp³-hybridized carbons (Fsp3) is 0.500. The smallest absolute Gasteiger partial charge is 0.161 e. The van der Waals surface area contributed by atoms with E-state index in [1.807, 2.05) is 43.3 Å². The summed E-state index contributed by atoms with van der Waals surface area (Å²) in [4.78, 5) is 12.3. The third-order valence-corrected chi connectivity index (χ3v) is 5.26. The molecule has 1 heterocycles. The molecule has 1 aliphatic heterocycles. The molecule has 0 amide bonds. The minimum Gasteiger partial charge on any atom is -0.493 e. The lowest BCUT2D eigenvalue weighted by Crippen LogP contribution is -2.54. The summed E-state index contributed by atoms with van der Waals surface area (Å²) in [5, 5.41) is 2.28. The second-order valence-corrected chi connectivity index (χ2v) is 7.22. The summed E-state index contributed by atoms with van der Waals surface area (Å²) in [5.41, 5.74) is 4.30. The third kappa shape index (κ3) is 4.99. The molecule has 1 saturated heterocycles. The second-order valence-electron chi connectivity index (χ2n) is 7.22. The summed E-state index contributed by atoms with van der Waals surface area (Å²) in [6.07, 6.45) is 10.6. The van der Waals surface area contributed by atoms with Crippen molar-refractivity contribution in [3.8, 4) is 11.5 Å². The van der Waals surface area contributed by atoms with Crippen LogP contribution in [0.5, 0.6) is 11.5 Å². The van der Waals surface area contributed by atoms with Crippen molar-refractivity contribution in [1.82, 2.24) is 10.4 Å². The van der Waals surface area contributed by atoms with E-state index in [1.54, 1.807) is 7.11 Å². The Balaban J connectivity index is 1.69. The van der Waals surface area contributed by atoms with Gasteiger partial charge >= 0.3 is 0 Å². The van der Waals surface area contributed by atoms with Crippen molar-refractivity contribution >= 4 is 5.78 Å². The number of nitrogens with one attached hydrogen (secondary N) is 1. The van der Waals surface area contributed by atoms with Gasteiger partial charge in [-0.3, -0.25) is 4.79 Å². The van der Waals surface area contributed by atoms with Crippen LogP contribution in [-0.4, -0.2) is 43.1 Å². The van der Waals surface area contributed by atoms with Crippen LogP contribution in [0.3, 0.4) is 0 Å². The largest absolute Gasteiger partial charge is 0.493 e. The Bertz CT molecular complexity index is 707. The molecule has 3 rings (SSSR count). The number of hydrogen-bond acceptors (Lipinski definition) is 5. The van der Waals surface area contributed by atoms with Crippen LogP contribution in [0.25, 0.3) is 0 Å². The number of hydrogen-bond donors (Lipinski definition) is 1. The van der Waals surface area contributed by atoms with Gasteiger partial charge in [-0.05, 0) is 37.0 Å². The van der Waals surface area contributed by atoms with Gasteiger partial charge in [0.2, 0.25) is 0 Å². The molecule has 2 aliphatic rings. The topological polar surface area (TPSA) is 50.8 Å². The number of carbonyl (C=O) groups is 1. The number of para-hydroxylation sites is 2. The summed E-state index contributed by atoms with van der Waals surface area (Å²) in [6, 6.07) is 7.69. The van der Waals surface area contributed by atoms with Crippen molar-refractivity contribution in [2.45, 2.75) is 44.6 Å². The van der Waals surface area contributed by atoms with Crippen LogP contribution in [-0.2, 0) is 4.79 Å². The molecule has 0 aromatic heterocycles. The molecule has 1 aliphatic carbocycles. The lowest BCUT2D eigenvalue weighted by atomic mass is 9.82. The molecule has 1 unspecified atom stereocenters. The highest BCUT2D eigenvalue weighted by Gasteiger charge is 2.34. The molecule has 1 aromatic carbocycles. The van der Waals surface area contributed by atoms with E-state index in [0.717, 1.165) is 36.6 Å². The first-order valence-electron chi connectivity index (χ1n) is 9.86. The molecule has 0 saturated carbocycles. The van der Waals surface area contributed by atoms with Crippen LogP contribution < -0.4 is 14.9 Å². The zero-order valence-corrected chi connectivity index (χ0v) is 16.4. The van der Waals surface area contributed by atoms with Crippen molar-refractivity contribution < 1.29 is 14.3 Å². The average Bonchev–Trinajstić information content (AvgIpc) is 3.20. The monoisotopic (exact) mass is 370 g/mol. The SMILES string of the molecule is CCC(=O)C1=CC=CC(CCOc2ccccc2OC)(NN2CCCC2)C1. The predicted molar refractivity (Wildman–Crippen MR) is 107 cm³/mol. The van der Waals surface area contributed by atoms with E-state index in [9.17, 15) is 4.79 Å². The van der Waals surface area contributed by atoms with Crippen molar-refractivity contribution in [1.29, 1.82) is 0 Å². The first-order valence-corrected chi connectivity index (χ1v) is 9.86. The molecule has 1 N–H and O–H groups in total. The van der Waals surface area contributed by atoms with Gasteiger partial charge in [0, 0.05) is 25.9 Å². The molecule has 0 radical (unpaired) electrons. The maximum absolute atomic E-state index is 12.3. The number of rotatable bonds is 9. The van der Waals surface area contributed by atoms with Gasteiger partial charge in [-0.2, -0.15) is 0 Å². The molecule has 146 valence electrons. The molecule has 1 atom stereocenters. The van der Waals surface area contributed by atoms with Gasteiger partial charge in [0.25, 0.3) is 0 Å².